The predicted molar refractivity (Wildman–Crippen MR) is 106 cm³/mol. The summed E-state index contributed by atoms with van der Waals surface area (Å²) in [5.74, 6) is 1.07. The molecule has 1 aliphatic heterocycles. The van der Waals surface area contributed by atoms with Gasteiger partial charge in [0.15, 0.2) is 17.3 Å². The summed E-state index contributed by atoms with van der Waals surface area (Å²) in [5, 5.41) is 3.01. The van der Waals surface area contributed by atoms with Gasteiger partial charge in [0.05, 0.1) is 17.9 Å². The largest absolute Gasteiger partial charge is 0.486 e. The molecular weight excluding hydrogens is 358 g/mol. The second-order valence-corrected chi connectivity index (χ2v) is 6.57. The average molecular weight is 379 g/mol. The van der Waals surface area contributed by atoms with E-state index in [1.165, 1.54) is 0 Å². The van der Waals surface area contributed by atoms with Gasteiger partial charge in [-0.05, 0) is 37.3 Å². The van der Waals surface area contributed by atoms with E-state index in [0.717, 1.165) is 11.4 Å². The summed E-state index contributed by atoms with van der Waals surface area (Å²) in [6, 6.07) is 14.5. The molecule has 0 amide bonds. The molecule has 3 aromatic rings. The van der Waals surface area contributed by atoms with Crippen LogP contribution >= 0.6 is 0 Å². The van der Waals surface area contributed by atoms with Gasteiger partial charge in [0.1, 0.15) is 18.9 Å². The van der Waals surface area contributed by atoms with Crippen LogP contribution < -0.4 is 20.3 Å². The second-order valence-electron chi connectivity index (χ2n) is 6.57. The summed E-state index contributed by atoms with van der Waals surface area (Å²) in [4.78, 5) is 25.5. The fourth-order valence-corrected chi connectivity index (χ4v) is 3.26. The molecule has 0 saturated carbocycles. The zero-order valence-electron chi connectivity index (χ0n) is 15.8. The minimum absolute atomic E-state index is 0.00846. The molecule has 0 bridgehead atoms. The monoisotopic (exact) mass is 379 g/mol. The molecule has 0 saturated heterocycles. The summed E-state index contributed by atoms with van der Waals surface area (Å²) in [6.07, 6.45) is 0. The third kappa shape index (κ3) is 3.15. The van der Waals surface area contributed by atoms with E-state index >= 15 is 0 Å². The molecule has 2 aromatic carbocycles. The number of hydrogen-bond donors (Lipinski definition) is 1. The number of nitrogens with zero attached hydrogens (tertiary/aromatic N) is 2. The van der Waals surface area contributed by atoms with Gasteiger partial charge >= 0.3 is 0 Å². The molecule has 1 N–H and O–H groups in total. The Balaban J connectivity index is 1.56. The first-order chi connectivity index (χ1) is 13.6. The van der Waals surface area contributed by atoms with Gasteiger partial charge in [0.25, 0.3) is 5.56 Å². The molecule has 0 spiro atoms. The zero-order valence-corrected chi connectivity index (χ0v) is 15.8. The first-order valence-corrected chi connectivity index (χ1v) is 9.07. The van der Waals surface area contributed by atoms with E-state index in [2.05, 4.69) is 5.32 Å². The van der Waals surface area contributed by atoms with Crippen molar-refractivity contribution in [2.75, 3.05) is 25.1 Å². The molecule has 7 nitrogen and oxygen atoms in total. The summed E-state index contributed by atoms with van der Waals surface area (Å²) < 4.78 is 14.4. The number of carbonyl (C=O) groups is 1. The van der Waals surface area contributed by atoms with Crippen LogP contribution in [0.5, 0.6) is 11.5 Å². The number of carbonyl (C=O) groups excluding carboxylic acids is 1. The van der Waals surface area contributed by atoms with Gasteiger partial charge in [-0.15, -0.1) is 0 Å². The van der Waals surface area contributed by atoms with Crippen molar-refractivity contribution >= 4 is 11.5 Å². The Hall–Kier alpha value is -3.48. The summed E-state index contributed by atoms with van der Waals surface area (Å²) in [6.45, 7) is 2.82. The van der Waals surface area contributed by atoms with Gasteiger partial charge in [0.2, 0.25) is 0 Å². The van der Waals surface area contributed by atoms with Crippen molar-refractivity contribution in [1.82, 2.24) is 9.36 Å². The van der Waals surface area contributed by atoms with Crippen LogP contribution in [0.1, 0.15) is 16.1 Å². The molecule has 0 fully saturated rings. The lowest BCUT2D eigenvalue weighted by Crippen LogP contribution is -2.23. The Kier molecular flexibility index (Phi) is 4.65. The summed E-state index contributed by atoms with van der Waals surface area (Å²) in [5.41, 5.74) is 2.25. The molecule has 7 heteroatoms. The minimum atomic E-state index is -0.193. The minimum Gasteiger partial charge on any atom is -0.486 e. The summed E-state index contributed by atoms with van der Waals surface area (Å²) in [7, 11) is 1.82. The zero-order chi connectivity index (χ0) is 19.7. The molecule has 0 atom stereocenters. The van der Waals surface area contributed by atoms with Crippen molar-refractivity contribution in [3.05, 3.63) is 70.1 Å². The molecule has 2 heterocycles. The molecule has 0 radical (unpaired) electrons. The third-order valence-electron chi connectivity index (χ3n) is 4.84. The van der Waals surface area contributed by atoms with Crippen LogP contribution in [-0.4, -0.2) is 34.9 Å². The lowest BCUT2D eigenvalue weighted by Gasteiger charge is -2.18. The predicted octanol–water partition coefficient (Wildman–Crippen LogP) is 2.55. The van der Waals surface area contributed by atoms with Crippen LogP contribution in [0.3, 0.4) is 0 Å². The topological polar surface area (TPSA) is 74.5 Å². The molecule has 28 heavy (non-hydrogen) atoms. The van der Waals surface area contributed by atoms with Crippen LogP contribution in [0, 0.1) is 6.92 Å². The van der Waals surface area contributed by atoms with Crippen molar-refractivity contribution in [3.8, 4) is 17.2 Å². The average Bonchev–Trinajstić information content (AvgIpc) is 2.94. The second kappa shape index (κ2) is 7.26. The van der Waals surface area contributed by atoms with Gasteiger partial charge in [-0.25, -0.2) is 4.68 Å². The fourth-order valence-electron chi connectivity index (χ4n) is 3.26. The highest BCUT2D eigenvalue weighted by molar-refractivity contribution is 5.99. The van der Waals surface area contributed by atoms with Crippen molar-refractivity contribution in [2.45, 2.75) is 6.92 Å². The van der Waals surface area contributed by atoms with Gasteiger partial charge in [-0.3, -0.25) is 14.3 Å². The lowest BCUT2D eigenvalue weighted by atomic mass is 10.1. The standard InChI is InChI=1S/C21H21N3O4/c1-14-20(21(26)24(23(14)2)16-6-4-3-5-7-16)22-13-17(25)15-8-9-18-19(12-15)28-11-10-27-18/h3-9,12,22H,10-11,13H2,1-2H3. The van der Waals surface area contributed by atoms with Gasteiger partial charge in [-0.1, -0.05) is 18.2 Å². The van der Waals surface area contributed by atoms with E-state index in [0.29, 0.717) is 36.0 Å². The fraction of sp³-hybridized carbons (Fsp3) is 0.238. The number of benzene rings is 2. The van der Waals surface area contributed by atoms with E-state index in [4.69, 9.17) is 9.47 Å². The van der Waals surface area contributed by atoms with Gasteiger partial charge < -0.3 is 14.8 Å². The maximum absolute atomic E-state index is 12.9. The van der Waals surface area contributed by atoms with E-state index < -0.39 is 0 Å². The number of fused-ring (bicyclic) bond motifs is 1. The van der Waals surface area contributed by atoms with Crippen molar-refractivity contribution in [2.24, 2.45) is 7.05 Å². The van der Waals surface area contributed by atoms with Crippen LogP contribution in [0.4, 0.5) is 5.69 Å². The smallest absolute Gasteiger partial charge is 0.295 e. The van der Waals surface area contributed by atoms with Crippen LogP contribution in [0.25, 0.3) is 5.69 Å². The first-order valence-electron chi connectivity index (χ1n) is 9.07. The molecule has 0 unspecified atom stereocenters. The van der Waals surface area contributed by atoms with E-state index in [9.17, 15) is 9.59 Å². The molecule has 144 valence electrons. The molecule has 0 aliphatic carbocycles. The van der Waals surface area contributed by atoms with Crippen LogP contribution in [0.15, 0.2) is 53.3 Å². The Morgan fingerprint density at radius 2 is 1.79 bits per heavy atom. The molecule has 1 aromatic heterocycles. The number of hydrogen-bond acceptors (Lipinski definition) is 5. The number of ether oxygens (including phenoxy) is 2. The number of rotatable bonds is 5. The Labute approximate surface area is 162 Å². The van der Waals surface area contributed by atoms with Crippen molar-refractivity contribution in [1.29, 1.82) is 0 Å². The number of aromatic nitrogens is 2. The SMILES string of the molecule is Cc1c(NCC(=O)c2ccc3c(c2)OCCO3)c(=O)n(-c2ccccc2)n1C. The van der Waals surface area contributed by atoms with Crippen LogP contribution in [0.2, 0.25) is 0 Å². The highest BCUT2D eigenvalue weighted by atomic mass is 16.6. The maximum atomic E-state index is 12.9. The third-order valence-corrected chi connectivity index (χ3v) is 4.84. The maximum Gasteiger partial charge on any atom is 0.295 e. The van der Waals surface area contributed by atoms with Crippen molar-refractivity contribution < 1.29 is 14.3 Å². The van der Waals surface area contributed by atoms with Crippen LogP contribution in [-0.2, 0) is 7.05 Å². The number of ketones is 1. The molecule has 4 rings (SSSR count). The number of nitrogens with one attached hydrogen (secondary N) is 1. The number of anilines is 1. The van der Waals surface area contributed by atoms with Crippen molar-refractivity contribution in [3.63, 3.8) is 0 Å². The van der Waals surface area contributed by atoms with E-state index in [-0.39, 0.29) is 17.9 Å². The van der Waals surface area contributed by atoms with Gasteiger partial charge in [-0.2, -0.15) is 0 Å². The summed E-state index contributed by atoms with van der Waals surface area (Å²) >= 11 is 0. The highest BCUT2D eigenvalue weighted by Gasteiger charge is 2.18. The quantitative estimate of drug-likeness (QED) is 0.690. The van der Waals surface area contributed by atoms with E-state index in [1.54, 1.807) is 27.6 Å². The molecule has 1 aliphatic rings. The number of para-hydroxylation sites is 1. The Morgan fingerprint density at radius 1 is 1.07 bits per heavy atom. The Bertz CT molecular complexity index is 1080. The Morgan fingerprint density at radius 3 is 2.54 bits per heavy atom. The lowest BCUT2D eigenvalue weighted by molar-refractivity contribution is 0.100. The highest BCUT2D eigenvalue weighted by Crippen LogP contribution is 2.30. The molecular formula is C21H21N3O4. The first kappa shape index (κ1) is 17.9. The van der Waals surface area contributed by atoms with Gasteiger partial charge in [0, 0.05) is 12.6 Å². The van der Waals surface area contributed by atoms with E-state index in [1.807, 2.05) is 44.3 Å². The number of Topliss-reactive ketones (excluding diaryl/α,β-unsaturated/α-hetero) is 1. The normalized spacial score (nSPS) is 12.6.